The highest BCUT2D eigenvalue weighted by molar-refractivity contribution is 5.73. The Balaban J connectivity index is 2.63. The monoisotopic (exact) mass is 239 g/mol. The van der Waals surface area contributed by atoms with Gasteiger partial charge in [0.15, 0.2) is 0 Å². The van der Waals surface area contributed by atoms with E-state index in [1.165, 1.54) is 0 Å². The van der Waals surface area contributed by atoms with Gasteiger partial charge in [-0.2, -0.15) is 0 Å². The summed E-state index contributed by atoms with van der Waals surface area (Å²) >= 11 is 0. The molecule has 17 heavy (non-hydrogen) atoms. The number of carbonyl (C=O) groups excluding carboxylic acids is 1. The summed E-state index contributed by atoms with van der Waals surface area (Å²) < 4.78 is 5.52. The van der Waals surface area contributed by atoms with E-state index in [0.29, 0.717) is 5.92 Å². The lowest BCUT2D eigenvalue weighted by Crippen LogP contribution is -2.37. The average Bonchev–Trinajstić information content (AvgIpc) is 2.25. The molecule has 0 atom stereocenters. The van der Waals surface area contributed by atoms with Gasteiger partial charge < -0.3 is 9.64 Å². The van der Waals surface area contributed by atoms with Crippen molar-refractivity contribution in [3.63, 3.8) is 0 Å². The minimum atomic E-state index is 0.142. The molecule has 0 radical (unpaired) electrons. The molecule has 0 unspecified atom stereocenters. The molecule has 0 aliphatic carbocycles. The van der Waals surface area contributed by atoms with Crippen LogP contribution in [0.3, 0.4) is 0 Å². The molecule has 0 aromatic heterocycles. The van der Waals surface area contributed by atoms with Gasteiger partial charge in [-0.25, -0.2) is 0 Å². The van der Waals surface area contributed by atoms with Crippen molar-refractivity contribution in [1.82, 2.24) is 4.90 Å². The van der Waals surface area contributed by atoms with Gasteiger partial charge in [-0.05, 0) is 24.3 Å². The van der Waals surface area contributed by atoms with E-state index >= 15 is 0 Å². The summed E-state index contributed by atoms with van der Waals surface area (Å²) in [5.74, 6) is 1.73. The topological polar surface area (TPSA) is 29.5 Å². The first-order valence-electron chi connectivity index (χ1n) is 6.36. The number of rotatable bonds is 2. The van der Waals surface area contributed by atoms with E-state index in [2.05, 4.69) is 26.8 Å². The van der Waals surface area contributed by atoms with Gasteiger partial charge in [0.05, 0.1) is 12.9 Å². The third kappa shape index (κ3) is 4.41. The summed E-state index contributed by atoms with van der Waals surface area (Å²) in [4.78, 5) is 13.2. The van der Waals surface area contributed by atoms with Crippen LogP contribution in [-0.4, -0.2) is 31.0 Å². The summed E-state index contributed by atoms with van der Waals surface area (Å²) in [7, 11) is 1.74. The molecule has 1 aliphatic heterocycles. The van der Waals surface area contributed by atoms with Gasteiger partial charge in [-0.15, -0.1) is 0 Å². The minimum absolute atomic E-state index is 0.142. The van der Waals surface area contributed by atoms with Crippen LogP contribution in [0.15, 0.2) is 11.8 Å². The van der Waals surface area contributed by atoms with Gasteiger partial charge in [0.1, 0.15) is 0 Å². The van der Waals surface area contributed by atoms with Crippen LogP contribution >= 0.6 is 0 Å². The van der Waals surface area contributed by atoms with E-state index in [4.69, 9.17) is 4.74 Å². The first kappa shape index (κ1) is 14.1. The van der Waals surface area contributed by atoms with Crippen molar-refractivity contribution in [2.24, 2.45) is 11.3 Å². The van der Waals surface area contributed by atoms with Gasteiger partial charge in [-0.1, -0.05) is 20.8 Å². The third-order valence-electron chi connectivity index (χ3n) is 3.15. The third-order valence-corrected chi connectivity index (χ3v) is 3.15. The molecule has 0 aromatic carbocycles. The molecule has 1 aliphatic rings. The summed E-state index contributed by atoms with van der Waals surface area (Å²) in [6.07, 6.45) is 4.23. The molecule has 0 saturated carbocycles. The molecule has 3 nitrogen and oxygen atoms in total. The highest BCUT2D eigenvalue weighted by Gasteiger charge is 2.25. The second kappa shape index (κ2) is 5.56. The van der Waals surface area contributed by atoms with E-state index in [0.717, 1.165) is 31.7 Å². The van der Waals surface area contributed by atoms with Gasteiger partial charge in [-0.3, -0.25) is 4.79 Å². The summed E-state index contributed by atoms with van der Waals surface area (Å²) in [5.41, 5.74) is 0.142. The molecule has 1 amide bonds. The zero-order chi connectivity index (χ0) is 13.1. The Labute approximate surface area is 105 Å². The number of nitrogens with zero attached hydrogens (tertiary/aromatic N) is 1. The Morgan fingerprint density at radius 2 is 1.82 bits per heavy atom. The first-order valence-corrected chi connectivity index (χ1v) is 6.36. The van der Waals surface area contributed by atoms with Crippen LogP contribution in [0.5, 0.6) is 0 Å². The highest BCUT2D eigenvalue weighted by Crippen LogP contribution is 2.29. The lowest BCUT2D eigenvalue weighted by molar-refractivity contribution is -0.130. The molecule has 0 aromatic rings. The molecule has 1 rings (SSSR count). The van der Waals surface area contributed by atoms with E-state index < -0.39 is 0 Å². The molecule has 1 heterocycles. The number of carbonyl (C=O) groups is 1. The highest BCUT2D eigenvalue weighted by atomic mass is 16.5. The Kier molecular flexibility index (Phi) is 4.61. The molecule has 1 saturated heterocycles. The minimum Gasteiger partial charge on any atom is -0.501 e. The molecular formula is C14H25NO2. The van der Waals surface area contributed by atoms with E-state index in [1.807, 2.05) is 4.90 Å². The van der Waals surface area contributed by atoms with Crippen molar-refractivity contribution in [2.45, 2.75) is 40.5 Å². The number of piperidine rings is 1. The number of allylic oxidation sites excluding steroid dienone is 2. The second-order valence-electron chi connectivity index (χ2n) is 5.90. The quantitative estimate of drug-likeness (QED) is 0.693. The van der Waals surface area contributed by atoms with Crippen molar-refractivity contribution in [3.8, 4) is 0 Å². The number of likely N-dealkylation sites (tertiary alicyclic amines) is 1. The standard InChI is InChI=1S/C14H25NO2/c1-11(16)15-8-6-12(7-9-15)13(17-5)10-14(2,3)4/h10,12H,6-9H2,1-5H3. The molecule has 0 N–H and O–H groups in total. The summed E-state index contributed by atoms with van der Waals surface area (Å²) in [5, 5.41) is 0. The number of ether oxygens (including phenoxy) is 1. The maximum Gasteiger partial charge on any atom is 0.219 e. The lowest BCUT2D eigenvalue weighted by atomic mass is 9.88. The second-order valence-corrected chi connectivity index (χ2v) is 5.90. The number of hydrogen-bond acceptors (Lipinski definition) is 2. The maximum atomic E-state index is 11.3. The van der Waals surface area contributed by atoms with Crippen LogP contribution in [0.2, 0.25) is 0 Å². The Morgan fingerprint density at radius 1 is 1.29 bits per heavy atom. The Bertz CT molecular complexity index is 294. The van der Waals surface area contributed by atoms with Gasteiger partial charge in [0.25, 0.3) is 0 Å². The Hall–Kier alpha value is -0.990. The molecule has 0 bridgehead atoms. The molecule has 0 spiro atoms. The first-order chi connectivity index (χ1) is 7.83. The van der Waals surface area contributed by atoms with Crippen LogP contribution in [0.4, 0.5) is 0 Å². The maximum absolute atomic E-state index is 11.3. The van der Waals surface area contributed by atoms with Gasteiger partial charge >= 0.3 is 0 Å². The van der Waals surface area contributed by atoms with Crippen LogP contribution in [0.25, 0.3) is 0 Å². The zero-order valence-electron chi connectivity index (χ0n) is 11.7. The fourth-order valence-corrected chi connectivity index (χ4v) is 2.25. The fourth-order valence-electron chi connectivity index (χ4n) is 2.25. The Morgan fingerprint density at radius 3 is 2.18 bits per heavy atom. The SMILES string of the molecule is COC(=CC(C)(C)C)C1CCN(C(C)=O)CC1. The van der Waals surface area contributed by atoms with E-state index in [1.54, 1.807) is 14.0 Å². The van der Waals surface area contributed by atoms with Crippen LogP contribution < -0.4 is 0 Å². The molecule has 3 heteroatoms. The van der Waals surface area contributed by atoms with Gasteiger partial charge in [0, 0.05) is 25.9 Å². The van der Waals surface area contributed by atoms with Crippen molar-refractivity contribution < 1.29 is 9.53 Å². The molecule has 1 fully saturated rings. The van der Waals surface area contributed by atoms with Crippen molar-refractivity contribution >= 4 is 5.91 Å². The molecular weight excluding hydrogens is 214 g/mol. The number of amides is 1. The average molecular weight is 239 g/mol. The largest absolute Gasteiger partial charge is 0.501 e. The van der Waals surface area contributed by atoms with Crippen molar-refractivity contribution in [2.75, 3.05) is 20.2 Å². The van der Waals surface area contributed by atoms with Crippen LogP contribution in [0, 0.1) is 11.3 Å². The predicted octanol–water partition coefficient (Wildman–Crippen LogP) is 2.82. The van der Waals surface area contributed by atoms with E-state index in [9.17, 15) is 4.79 Å². The number of methoxy groups -OCH3 is 1. The summed E-state index contributed by atoms with van der Waals surface area (Å²) in [6.45, 7) is 9.88. The normalized spacial score (nSPS) is 19.4. The van der Waals surface area contributed by atoms with Crippen molar-refractivity contribution in [1.29, 1.82) is 0 Å². The fraction of sp³-hybridized carbons (Fsp3) is 0.786. The van der Waals surface area contributed by atoms with Gasteiger partial charge in [0.2, 0.25) is 5.91 Å². The number of hydrogen-bond donors (Lipinski definition) is 0. The summed E-state index contributed by atoms with van der Waals surface area (Å²) in [6, 6.07) is 0. The van der Waals surface area contributed by atoms with E-state index in [-0.39, 0.29) is 11.3 Å². The van der Waals surface area contributed by atoms with Crippen LogP contribution in [0.1, 0.15) is 40.5 Å². The predicted molar refractivity (Wildman–Crippen MR) is 69.5 cm³/mol. The smallest absolute Gasteiger partial charge is 0.219 e. The zero-order valence-corrected chi connectivity index (χ0v) is 11.7. The van der Waals surface area contributed by atoms with Crippen molar-refractivity contribution in [3.05, 3.63) is 11.8 Å². The lowest BCUT2D eigenvalue weighted by Gasteiger charge is -2.32. The van der Waals surface area contributed by atoms with Crippen LogP contribution in [-0.2, 0) is 9.53 Å². The molecule has 98 valence electrons.